The molecule has 0 radical (unpaired) electrons. The molecule has 0 aliphatic rings. The van der Waals surface area contributed by atoms with Gasteiger partial charge in [0.05, 0.1) is 18.8 Å². The number of carbonyl (C=O) groups excluding carboxylic acids is 2. The van der Waals surface area contributed by atoms with Gasteiger partial charge < -0.3 is 14.8 Å². The number of esters is 1. The number of rotatable bonds is 9. The minimum atomic E-state index is -0.576. The number of nitrogens with zero attached hydrogens (tertiary/aromatic N) is 1. The third-order valence-corrected chi connectivity index (χ3v) is 5.54. The number of ether oxygens (including phenoxy) is 2. The topological polar surface area (TPSA) is 88.4 Å². The summed E-state index contributed by atoms with van der Waals surface area (Å²) in [5.41, 5.74) is 1.73. The molecule has 30 heavy (non-hydrogen) atoms. The highest BCUT2D eigenvalue weighted by atomic mass is 32.1. The highest BCUT2D eigenvalue weighted by Gasteiger charge is 2.23. The van der Waals surface area contributed by atoms with Gasteiger partial charge >= 0.3 is 5.97 Å². The van der Waals surface area contributed by atoms with E-state index in [1.54, 1.807) is 38.1 Å². The maximum absolute atomic E-state index is 12.7. The van der Waals surface area contributed by atoms with Crippen molar-refractivity contribution in [2.75, 3.05) is 18.5 Å². The molecule has 0 fully saturated rings. The summed E-state index contributed by atoms with van der Waals surface area (Å²) in [5, 5.41) is 12.5. The largest absolute Gasteiger partial charge is 0.494 e. The molecule has 0 atom stereocenters. The van der Waals surface area contributed by atoms with E-state index in [0.717, 1.165) is 29.0 Å². The Kier molecular flexibility index (Phi) is 8.63. The van der Waals surface area contributed by atoms with Gasteiger partial charge in [0.25, 0.3) is 5.91 Å². The van der Waals surface area contributed by atoms with Crippen LogP contribution >= 0.6 is 11.3 Å². The predicted octanol–water partition coefficient (Wildman–Crippen LogP) is 5.27. The summed E-state index contributed by atoms with van der Waals surface area (Å²) >= 11 is 1.28. The van der Waals surface area contributed by atoms with Gasteiger partial charge in [-0.15, -0.1) is 11.3 Å². The molecule has 6 nitrogen and oxygen atoms in total. The molecule has 1 heterocycles. The van der Waals surface area contributed by atoms with Gasteiger partial charge in [0, 0.05) is 4.88 Å². The molecule has 0 aliphatic heterocycles. The predicted molar refractivity (Wildman–Crippen MR) is 119 cm³/mol. The Bertz CT molecular complexity index is 968. The van der Waals surface area contributed by atoms with Crippen molar-refractivity contribution in [3.63, 3.8) is 0 Å². The first kappa shape index (κ1) is 23.2. The lowest BCUT2D eigenvalue weighted by Gasteiger charge is -2.07. The van der Waals surface area contributed by atoms with E-state index in [1.165, 1.54) is 17.4 Å². The summed E-state index contributed by atoms with van der Waals surface area (Å²) < 4.78 is 10.7. The number of nitrogens with one attached hydrogen (secondary N) is 1. The maximum atomic E-state index is 12.7. The van der Waals surface area contributed by atoms with Crippen LogP contribution in [0.2, 0.25) is 0 Å². The third-order valence-electron chi connectivity index (χ3n) is 4.41. The minimum absolute atomic E-state index is 0.0619. The van der Waals surface area contributed by atoms with E-state index in [1.807, 2.05) is 13.0 Å². The van der Waals surface area contributed by atoms with E-state index < -0.39 is 11.9 Å². The number of hydrogen-bond donors (Lipinski definition) is 1. The number of thiophene rings is 1. The van der Waals surface area contributed by atoms with Crippen molar-refractivity contribution in [2.24, 2.45) is 0 Å². The quantitative estimate of drug-likeness (QED) is 0.255. The van der Waals surface area contributed by atoms with E-state index in [0.29, 0.717) is 22.7 Å². The average Bonchev–Trinajstić information content (AvgIpc) is 3.00. The van der Waals surface area contributed by atoms with Crippen molar-refractivity contribution < 1.29 is 19.1 Å². The highest BCUT2D eigenvalue weighted by Crippen LogP contribution is 2.33. The second-order valence-corrected chi connectivity index (χ2v) is 7.83. The molecule has 158 valence electrons. The summed E-state index contributed by atoms with van der Waals surface area (Å²) in [6.45, 7) is 8.38. The van der Waals surface area contributed by atoms with Gasteiger partial charge in [0.1, 0.15) is 22.4 Å². The van der Waals surface area contributed by atoms with E-state index >= 15 is 0 Å². The standard InChI is InChI=1S/C23H26N2O4S/c1-5-7-12-29-19-10-8-17(9-11-19)13-18(14-24)21(26)25-22-20(23(27)28-6-2)15(3)16(4)30-22/h8-11,13H,5-7,12H2,1-4H3,(H,25,26)/b18-13-. The zero-order valence-electron chi connectivity index (χ0n) is 17.7. The molecular weight excluding hydrogens is 400 g/mol. The van der Waals surface area contributed by atoms with Crippen LogP contribution in [0.5, 0.6) is 5.75 Å². The Morgan fingerprint density at radius 2 is 1.90 bits per heavy atom. The first-order valence-electron chi connectivity index (χ1n) is 9.84. The van der Waals surface area contributed by atoms with Gasteiger partial charge in [-0.1, -0.05) is 25.5 Å². The van der Waals surface area contributed by atoms with Crippen molar-refractivity contribution in [3.05, 3.63) is 51.4 Å². The molecular formula is C23H26N2O4S. The van der Waals surface area contributed by atoms with E-state index in [2.05, 4.69) is 12.2 Å². The lowest BCUT2D eigenvalue weighted by atomic mass is 10.1. The number of unbranched alkanes of at least 4 members (excludes halogenated alkanes) is 1. The van der Waals surface area contributed by atoms with Crippen LogP contribution in [0.15, 0.2) is 29.8 Å². The lowest BCUT2D eigenvalue weighted by Crippen LogP contribution is -2.16. The van der Waals surface area contributed by atoms with Gasteiger partial charge in [-0.3, -0.25) is 4.79 Å². The number of benzene rings is 1. The normalized spacial score (nSPS) is 11.0. The van der Waals surface area contributed by atoms with Crippen molar-refractivity contribution in [3.8, 4) is 11.8 Å². The fourth-order valence-corrected chi connectivity index (χ4v) is 3.69. The van der Waals surface area contributed by atoms with Gasteiger partial charge in [-0.2, -0.15) is 5.26 Å². The lowest BCUT2D eigenvalue weighted by molar-refractivity contribution is -0.112. The Balaban J connectivity index is 2.18. The SMILES string of the molecule is CCCCOc1ccc(/C=C(/C#N)C(=O)Nc2sc(C)c(C)c2C(=O)OCC)cc1. The number of hydrogen-bond acceptors (Lipinski definition) is 6. The number of carbonyl (C=O) groups is 2. The summed E-state index contributed by atoms with van der Waals surface area (Å²) in [4.78, 5) is 25.8. The molecule has 0 saturated carbocycles. The Morgan fingerprint density at radius 3 is 2.50 bits per heavy atom. The first-order valence-corrected chi connectivity index (χ1v) is 10.7. The Morgan fingerprint density at radius 1 is 1.20 bits per heavy atom. The van der Waals surface area contributed by atoms with E-state index in [4.69, 9.17) is 9.47 Å². The van der Waals surface area contributed by atoms with Gasteiger partial charge in [0.2, 0.25) is 0 Å². The molecule has 0 bridgehead atoms. The third kappa shape index (κ3) is 5.94. The fourth-order valence-electron chi connectivity index (χ4n) is 2.64. The Hall–Kier alpha value is -3.11. The zero-order valence-corrected chi connectivity index (χ0v) is 18.5. The van der Waals surface area contributed by atoms with E-state index in [-0.39, 0.29) is 12.2 Å². The fraction of sp³-hybridized carbons (Fsp3) is 0.348. The summed E-state index contributed by atoms with van der Waals surface area (Å²) in [5.74, 6) is -0.324. The van der Waals surface area contributed by atoms with Crippen LogP contribution < -0.4 is 10.1 Å². The molecule has 1 aromatic carbocycles. The molecule has 0 unspecified atom stereocenters. The van der Waals surface area contributed by atoms with Crippen LogP contribution in [-0.4, -0.2) is 25.1 Å². The molecule has 1 N–H and O–H groups in total. The number of aryl methyl sites for hydroxylation is 1. The molecule has 0 saturated heterocycles. The molecule has 1 aromatic heterocycles. The molecule has 0 spiro atoms. The van der Waals surface area contributed by atoms with Gasteiger partial charge in [0.15, 0.2) is 0 Å². The van der Waals surface area contributed by atoms with Crippen molar-refractivity contribution in [1.29, 1.82) is 5.26 Å². The van der Waals surface area contributed by atoms with Crippen molar-refractivity contribution >= 4 is 34.3 Å². The number of nitriles is 1. The van der Waals surface area contributed by atoms with E-state index in [9.17, 15) is 14.9 Å². The first-order chi connectivity index (χ1) is 14.4. The molecule has 2 aromatic rings. The smallest absolute Gasteiger partial charge is 0.341 e. The molecule has 0 aliphatic carbocycles. The summed E-state index contributed by atoms with van der Waals surface area (Å²) in [6, 6.07) is 9.11. The minimum Gasteiger partial charge on any atom is -0.494 e. The second-order valence-electron chi connectivity index (χ2n) is 6.60. The molecule has 2 rings (SSSR count). The second kappa shape index (κ2) is 11.2. The monoisotopic (exact) mass is 426 g/mol. The zero-order chi connectivity index (χ0) is 22.1. The maximum Gasteiger partial charge on any atom is 0.341 e. The Labute approximate surface area is 181 Å². The van der Waals surface area contributed by atoms with Crippen LogP contribution in [0.1, 0.15) is 53.1 Å². The number of anilines is 1. The van der Waals surface area contributed by atoms with Crippen molar-refractivity contribution in [1.82, 2.24) is 0 Å². The summed E-state index contributed by atoms with van der Waals surface area (Å²) in [7, 11) is 0. The van der Waals surface area contributed by atoms with Crippen LogP contribution in [0, 0.1) is 25.2 Å². The highest BCUT2D eigenvalue weighted by molar-refractivity contribution is 7.16. The van der Waals surface area contributed by atoms with Crippen LogP contribution in [0.25, 0.3) is 6.08 Å². The van der Waals surface area contributed by atoms with Crippen molar-refractivity contribution in [2.45, 2.75) is 40.5 Å². The molecule has 1 amide bonds. The average molecular weight is 427 g/mol. The van der Waals surface area contributed by atoms with Crippen LogP contribution in [0.4, 0.5) is 5.00 Å². The van der Waals surface area contributed by atoms with Gasteiger partial charge in [-0.25, -0.2) is 4.79 Å². The number of amides is 1. The summed E-state index contributed by atoms with van der Waals surface area (Å²) in [6.07, 6.45) is 3.54. The molecule has 7 heteroatoms. The van der Waals surface area contributed by atoms with Gasteiger partial charge in [-0.05, 0) is 56.5 Å². The van der Waals surface area contributed by atoms with Crippen LogP contribution in [-0.2, 0) is 9.53 Å². The van der Waals surface area contributed by atoms with Crippen LogP contribution in [0.3, 0.4) is 0 Å².